The van der Waals surface area contributed by atoms with Crippen molar-refractivity contribution in [1.82, 2.24) is 0 Å². The Morgan fingerprint density at radius 1 is 1.00 bits per heavy atom. The van der Waals surface area contributed by atoms with E-state index in [1.165, 1.54) is 0 Å². The van der Waals surface area contributed by atoms with E-state index < -0.39 is 4.33 Å². The van der Waals surface area contributed by atoms with E-state index in [1.807, 2.05) is 0 Å². The van der Waals surface area contributed by atoms with Crippen LogP contribution in [-0.2, 0) is 0 Å². The van der Waals surface area contributed by atoms with E-state index >= 15 is 0 Å². The van der Waals surface area contributed by atoms with Crippen molar-refractivity contribution in [2.45, 2.75) is 4.33 Å². The third-order valence-corrected chi connectivity index (χ3v) is 0.821. The first-order valence-electron chi connectivity index (χ1n) is 1.53. The Morgan fingerprint density at radius 3 is 1.22 bits per heavy atom. The lowest BCUT2D eigenvalue weighted by Gasteiger charge is -2.00. The fraction of sp³-hybridized carbons (Fsp3) is 0.333. The van der Waals surface area contributed by atoms with Crippen molar-refractivity contribution in [3.63, 3.8) is 0 Å². The van der Waals surface area contributed by atoms with Gasteiger partial charge in [-0.1, -0.05) is 23.2 Å². The molecule has 6 heteroatoms. The summed E-state index contributed by atoms with van der Waals surface area (Å²) in [6, 6.07) is 0. The number of alkyl halides is 2. The van der Waals surface area contributed by atoms with Gasteiger partial charge < -0.3 is 10.8 Å². The second-order valence-corrected chi connectivity index (χ2v) is 2.41. The van der Waals surface area contributed by atoms with Gasteiger partial charge in [0.05, 0.1) is 0 Å². The molecule has 0 aliphatic rings. The van der Waals surface area contributed by atoms with Gasteiger partial charge in [0, 0.05) is 12.4 Å². The smallest absolute Gasteiger partial charge is 0.186 e. The van der Waals surface area contributed by atoms with Crippen molar-refractivity contribution in [3.8, 4) is 0 Å². The molecule has 0 aromatic rings. The molecule has 0 bridgehead atoms. The maximum atomic E-state index is 6.47. The Labute approximate surface area is 75.8 Å². The van der Waals surface area contributed by atoms with E-state index in [2.05, 4.69) is 0 Å². The van der Waals surface area contributed by atoms with Crippen LogP contribution in [0, 0.1) is 10.8 Å². The Balaban J connectivity index is -0.000000180. The van der Waals surface area contributed by atoms with E-state index in [-0.39, 0.29) is 24.8 Å². The van der Waals surface area contributed by atoms with Gasteiger partial charge in [-0.15, -0.1) is 24.8 Å². The van der Waals surface area contributed by atoms with Gasteiger partial charge in [0.15, 0.2) is 4.33 Å². The largest absolute Gasteiger partial charge is 0.310 e. The minimum Gasteiger partial charge on any atom is -0.310 e. The summed E-state index contributed by atoms with van der Waals surface area (Å²) in [4.78, 5) is 0. The predicted molar refractivity (Wildman–Crippen MR) is 46.5 cm³/mol. The molecule has 0 fully saturated rings. The minimum absolute atomic E-state index is 0. The molecule has 0 unspecified atom stereocenters. The zero-order valence-corrected chi connectivity index (χ0v) is 7.37. The normalized spacial score (nSPS) is 8.22. The van der Waals surface area contributed by atoms with Gasteiger partial charge in [-0.05, 0) is 0 Å². The molecule has 9 heavy (non-hydrogen) atoms. The molecule has 0 atom stereocenters. The van der Waals surface area contributed by atoms with Gasteiger partial charge in [0.25, 0.3) is 0 Å². The van der Waals surface area contributed by atoms with Crippen LogP contribution in [0.1, 0.15) is 0 Å². The molecule has 56 valence electrons. The molecule has 0 radical (unpaired) electrons. The summed E-state index contributed by atoms with van der Waals surface area (Å²) in [5.74, 6) is 0. The zero-order valence-electron chi connectivity index (χ0n) is 4.23. The summed E-state index contributed by atoms with van der Waals surface area (Å²) in [6.45, 7) is 0. The van der Waals surface area contributed by atoms with Crippen molar-refractivity contribution >= 4 is 60.4 Å². The highest BCUT2D eigenvalue weighted by Gasteiger charge is 2.14. The second kappa shape index (κ2) is 6.62. The number of nitrogens with one attached hydrogen (secondary N) is 2. The van der Waals surface area contributed by atoms with E-state index in [4.69, 9.17) is 34.0 Å². The highest BCUT2D eigenvalue weighted by atomic mass is 35.5. The van der Waals surface area contributed by atoms with Gasteiger partial charge in [-0.3, -0.25) is 0 Å². The Kier molecular flexibility index (Phi) is 11.9. The van der Waals surface area contributed by atoms with Crippen molar-refractivity contribution in [1.29, 1.82) is 10.8 Å². The van der Waals surface area contributed by atoms with E-state index in [9.17, 15) is 0 Å². The lowest BCUT2D eigenvalue weighted by Crippen LogP contribution is -2.14. The summed E-state index contributed by atoms with van der Waals surface area (Å²) in [5.41, 5.74) is 0. The van der Waals surface area contributed by atoms with Gasteiger partial charge in [0.2, 0.25) is 0 Å². The molecule has 0 aliphatic heterocycles. The standard InChI is InChI=1S/C3H4Cl2N2.2ClH/c4-3(5,1-6)2-7;;/h1-2,6-7H;2*1H. The van der Waals surface area contributed by atoms with Crippen LogP contribution in [0.3, 0.4) is 0 Å². The molecule has 0 rings (SSSR count). The van der Waals surface area contributed by atoms with Crippen LogP contribution in [-0.4, -0.2) is 16.8 Å². The van der Waals surface area contributed by atoms with Crippen molar-refractivity contribution < 1.29 is 0 Å². The number of halogens is 4. The highest BCUT2D eigenvalue weighted by Crippen LogP contribution is 2.12. The number of rotatable bonds is 2. The molecular weight excluding hydrogens is 206 g/mol. The average Bonchev–Trinajstić information content (AvgIpc) is 1.68. The zero-order chi connectivity index (χ0) is 5.91. The molecule has 2 nitrogen and oxygen atoms in total. The molecule has 0 aromatic carbocycles. The van der Waals surface area contributed by atoms with E-state index in [0.717, 1.165) is 12.4 Å². The minimum atomic E-state index is -1.39. The topological polar surface area (TPSA) is 47.7 Å². The molecule has 0 aliphatic carbocycles. The van der Waals surface area contributed by atoms with Crippen LogP contribution in [0.15, 0.2) is 0 Å². The van der Waals surface area contributed by atoms with E-state index in [1.54, 1.807) is 0 Å². The second-order valence-electron chi connectivity index (χ2n) is 0.963. The van der Waals surface area contributed by atoms with Gasteiger partial charge in [0.1, 0.15) is 0 Å². The van der Waals surface area contributed by atoms with Crippen molar-refractivity contribution in [2.24, 2.45) is 0 Å². The van der Waals surface area contributed by atoms with Crippen LogP contribution < -0.4 is 0 Å². The fourth-order valence-corrected chi connectivity index (χ4v) is 0.0417. The summed E-state index contributed by atoms with van der Waals surface area (Å²) < 4.78 is -1.39. The third-order valence-electron chi connectivity index (χ3n) is 0.385. The number of hydrogen-bond acceptors (Lipinski definition) is 2. The monoisotopic (exact) mass is 210 g/mol. The SMILES string of the molecule is Cl.Cl.N=CC(Cl)(Cl)C=N. The first-order valence-corrected chi connectivity index (χ1v) is 2.29. The lowest BCUT2D eigenvalue weighted by molar-refractivity contribution is 1.39. The van der Waals surface area contributed by atoms with Crippen molar-refractivity contribution in [3.05, 3.63) is 0 Å². The lowest BCUT2D eigenvalue weighted by atomic mass is 10.5. The molecule has 0 aromatic heterocycles. The van der Waals surface area contributed by atoms with Gasteiger partial charge in [-0.2, -0.15) is 0 Å². The molecular formula is C3H6Cl4N2. The Morgan fingerprint density at radius 2 is 1.22 bits per heavy atom. The molecule has 2 N–H and O–H groups in total. The average molecular weight is 212 g/mol. The Hall–Kier alpha value is 0.500. The van der Waals surface area contributed by atoms with Crippen LogP contribution in [0.4, 0.5) is 0 Å². The quantitative estimate of drug-likeness (QED) is 0.521. The highest BCUT2D eigenvalue weighted by molar-refractivity contribution is 6.63. The van der Waals surface area contributed by atoms with Crippen LogP contribution in [0.5, 0.6) is 0 Å². The molecule has 0 saturated heterocycles. The van der Waals surface area contributed by atoms with Gasteiger partial charge >= 0.3 is 0 Å². The molecule has 0 saturated carbocycles. The maximum Gasteiger partial charge on any atom is 0.186 e. The summed E-state index contributed by atoms with van der Waals surface area (Å²) in [6.07, 6.45) is 1.56. The first kappa shape index (κ1) is 16.2. The van der Waals surface area contributed by atoms with E-state index in [0.29, 0.717) is 0 Å². The molecule has 0 spiro atoms. The van der Waals surface area contributed by atoms with Crippen molar-refractivity contribution in [2.75, 3.05) is 0 Å². The number of hydrogen-bond donors (Lipinski definition) is 2. The maximum absolute atomic E-state index is 6.47. The fourth-order valence-electron chi connectivity index (χ4n) is 0.0417. The van der Waals surface area contributed by atoms with Gasteiger partial charge in [-0.25, -0.2) is 0 Å². The Bertz CT molecular complexity index is 81.8. The first-order chi connectivity index (χ1) is 3.12. The third kappa shape index (κ3) is 8.50. The summed E-state index contributed by atoms with van der Waals surface area (Å²) in [5, 5.41) is 12.9. The molecule has 0 heterocycles. The summed E-state index contributed by atoms with van der Waals surface area (Å²) >= 11 is 10.4. The van der Waals surface area contributed by atoms with Crippen LogP contribution in [0.2, 0.25) is 0 Å². The summed E-state index contributed by atoms with van der Waals surface area (Å²) in [7, 11) is 0. The predicted octanol–water partition coefficient (Wildman–Crippen LogP) is 2.30. The van der Waals surface area contributed by atoms with Crippen LogP contribution >= 0.6 is 48.0 Å². The molecule has 0 amide bonds. The van der Waals surface area contributed by atoms with Crippen LogP contribution in [0.25, 0.3) is 0 Å².